The summed E-state index contributed by atoms with van der Waals surface area (Å²) in [5, 5.41) is 5.98. The number of rotatable bonds is 7. The van der Waals surface area contributed by atoms with Crippen molar-refractivity contribution in [3.8, 4) is 0 Å². The molecule has 0 radical (unpaired) electrons. The lowest BCUT2D eigenvalue weighted by Crippen LogP contribution is -2.26. The molecular formula is C14H23N3O. The molecule has 0 aromatic heterocycles. The number of nitrogens with zero attached hydrogens (tertiary/aromatic N) is 1. The van der Waals surface area contributed by atoms with Gasteiger partial charge in [0.1, 0.15) is 0 Å². The summed E-state index contributed by atoms with van der Waals surface area (Å²) in [5.41, 5.74) is 1.89. The van der Waals surface area contributed by atoms with E-state index < -0.39 is 0 Å². The van der Waals surface area contributed by atoms with Gasteiger partial charge in [0.25, 0.3) is 5.91 Å². The van der Waals surface area contributed by atoms with Crippen LogP contribution < -0.4 is 10.6 Å². The normalized spacial score (nSPS) is 10.7. The average Bonchev–Trinajstić information content (AvgIpc) is 2.34. The van der Waals surface area contributed by atoms with Crippen LogP contribution in [0.15, 0.2) is 24.3 Å². The Morgan fingerprint density at radius 3 is 2.72 bits per heavy atom. The van der Waals surface area contributed by atoms with E-state index in [0.717, 1.165) is 30.6 Å². The second-order valence-electron chi connectivity index (χ2n) is 4.65. The largest absolute Gasteiger partial charge is 0.352 e. The lowest BCUT2D eigenvalue weighted by atomic mass is 10.1. The van der Waals surface area contributed by atoms with Gasteiger partial charge in [0.05, 0.1) is 0 Å². The summed E-state index contributed by atoms with van der Waals surface area (Å²) in [6.07, 6.45) is 0.944. The molecule has 0 aliphatic rings. The van der Waals surface area contributed by atoms with Crippen molar-refractivity contribution in [1.29, 1.82) is 0 Å². The zero-order chi connectivity index (χ0) is 13.4. The molecule has 4 nitrogen and oxygen atoms in total. The summed E-state index contributed by atoms with van der Waals surface area (Å²) in [7, 11) is 5.95. The van der Waals surface area contributed by atoms with Crippen molar-refractivity contribution in [3.05, 3.63) is 35.4 Å². The van der Waals surface area contributed by atoms with Gasteiger partial charge in [0.15, 0.2) is 0 Å². The minimum Gasteiger partial charge on any atom is -0.352 e. The van der Waals surface area contributed by atoms with E-state index in [0.29, 0.717) is 6.54 Å². The van der Waals surface area contributed by atoms with Crippen LogP contribution >= 0.6 is 0 Å². The molecule has 4 heteroatoms. The topological polar surface area (TPSA) is 44.4 Å². The highest BCUT2D eigenvalue weighted by Crippen LogP contribution is 2.07. The van der Waals surface area contributed by atoms with E-state index >= 15 is 0 Å². The number of hydrogen-bond acceptors (Lipinski definition) is 3. The van der Waals surface area contributed by atoms with E-state index in [1.54, 1.807) is 0 Å². The maximum atomic E-state index is 11.9. The molecule has 1 aromatic rings. The Morgan fingerprint density at radius 1 is 1.28 bits per heavy atom. The first-order chi connectivity index (χ1) is 8.63. The van der Waals surface area contributed by atoms with E-state index in [1.165, 1.54) is 0 Å². The van der Waals surface area contributed by atoms with Crippen LogP contribution in [-0.4, -0.2) is 45.0 Å². The van der Waals surface area contributed by atoms with Crippen LogP contribution in [0.5, 0.6) is 0 Å². The summed E-state index contributed by atoms with van der Waals surface area (Å²) in [5.74, 6) is 0.00621. The number of hydrogen-bond donors (Lipinski definition) is 2. The van der Waals surface area contributed by atoms with Crippen molar-refractivity contribution < 1.29 is 4.79 Å². The first kappa shape index (κ1) is 14.7. The molecule has 1 rings (SSSR count). The van der Waals surface area contributed by atoms with Gasteiger partial charge < -0.3 is 15.5 Å². The lowest BCUT2D eigenvalue weighted by molar-refractivity contribution is 0.0953. The van der Waals surface area contributed by atoms with Crippen molar-refractivity contribution >= 4 is 5.91 Å². The van der Waals surface area contributed by atoms with Gasteiger partial charge in [0.2, 0.25) is 0 Å². The number of carbonyl (C=O) groups is 1. The summed E-state index contributed by atoms with van der Waals surface area (Å²) >= 11 is 0. The summed E-state index contributed by atoms with van der Waals surface area (Å²) in [6.45, 7) is 2.47. The molecular weight excluding hydrogens is 226 g/mol. The quantitative estimate of drug-likeness (QED) is 0.711. The second-order valence-corrected chi connectivity index (χ2v) is 4.65. The van der Waals surface area contributed by atoms with Crippen molar-refractivity contribution in [1.82, 2.24) is 15.5 Å². The lowest BCUT2D eigenvalue weighted by Gasteiger charge is -2.11. The van der Waals surface area contributed by atoms with Crippen molar-refractivity contribution in [2.75, 3.05) is 34.2 Å². The zero-order valence-corrected chi connectivity index (χ0v) is 11.5. The SMILES string of the molecule is CNCCCNC(=O)c1cccc(CN(C)C)c1. The third-order valence-corrected chi connectivity index (χ3v) is 2.58. The fourth-order valence-corrected chi connectivity index (χ4v) is 1.75. The predicted molar refractivity (Wildman–Crippen MR) is 74.7 cm³/mol. The molecule has 0 unspecified atom stereocenters. The van der Waals surface area contributed by atoms with E-state index in [-0.39, 0.29) is 5.91 Å². The molecule has 0 aliphatic carbocycles. The van der Waals surface area contributed by atoms with Gasteiger partial charge in [-0.15, -0.1) is 0 Å². The molecule has 0 spiro atoms. The fourth-order valence-electron chi connectivity index (χ4n) is 1.75. The van der Waals surface area contributed by atoms with Gasteiger partial charge in [-0.05, 0) is 51.8 Å². The van der Waals surface area contributed by atoms with Gasteiger partial charge in [-0.1, -0.05) is 12.1 Å². The summed E-state index contributed by atoms with van der Waals surface area (Å²) < 4.78 is 0. The Kier molecular flexibility index (Phi) is 6.39. The highest BCUT2D eigenvalue weighted by molar-refractivity contribution is 5.94. The smallest absolute Gasteiger partial charge is 0.251 e. The van der Waals surface area contributed by atoms with Crippen LogP contribution in [-0.2, 0) is 6.54 Å². The van der Waals surface area contributed by atoms with Crippen LogP contribution in [0.1, 0.15) is 22.3 Å². The molecule has 0 saturated carbocycles. The monoisotopic (exact) mass is 249 g/mol. The fraction of sp³-hybridized carbons (Fsp3) is 0.500. The molecule has 0 heterocycles. The van der Waals surface area contributed by atoms with Gasteiger partial charge in [-0.2, -0.15) is 0 Å². The molecule has 100 valence electrons. The Balaban J connectivity index is 2.51. The van der Waals surface area contributed by atoms with Crippen LogP contribution in [0.25, 0.3) is 0 Å². The third kappa shape index (κ3) is 5.29. The van der Waals surface area contributed by atoms with Gasteiger partial charge >= 0.3 is 0 Å². The van der Waals surface area contributed by atoms with E-state index in [4.69, 9.17) is 0 Å². The Hall–Kier alpha value is -1.39. The van der Waals surface area contributed by atoms with Gasteiger partial charge in [-0.25, -0.2) is 0 Å². The maximum absolute atomic E-state index is 11.9. The average molecular weight is 249 g/mol. The van der Waals surface area contributed by atoms with Crippen LogP contribution in [0.4, 0.5) is 0 Å². The Morgan fingerprint density at radius 2 is 2.06 bits per heavy atom. The molecule has 1 amide bonds. The van der Waals surface area contributed by atoms with E-state index in [2.05, 4.69) is 15.5 Å². The van der Waals surface area contributed by atoms with Gasteiger partial charge in [-0.3, -0.25) is 4.79 Å². The van der Waals surface area contributed by atoms with Crippen LogP contribution in [0.2, 0.25) is 0 Å². The third-order valence-electron chi connectivity index (χ3n) is 2.58. The highest BCUT2D eigenvalue weighted by Gasteiger charge is 2.05. The summed E-state index contributed by atoms with van der Waals surface area (Å²) in [6, 6.07) is 7.78. The molecule has 2 N–H and O–H groups in total. The standard InChI is InChI=1S/C14H23N3O/c1-15-8-5-9-16-14(18)13-7-4-6-12(10-13)11-17(2)3/h4,6-7,10,15H,5,8-9,11H2,1-3H3,(H,16,18). The first-order valence-electron chi connectivity index (χ1n) is 6.30. The minimum atomic E-state index is 0.00621. The molecule has 18 heavy (non-hydrogen) atoms. The molecule has 1 aromatic carbocycles. The maximum Gasteiger partial charge on any atom is 0.251 e. The van der Waals surface area contributed by atoms with E-state index in [9.17, 15) is 4.79 Å². The highest BCUT2D eigenvalue weighted by atomic mass is 16.1. The molecule has 0 bridgehead atoms. The second kappa shape index (κ2) is 7.84. The van der Waals surface area contributed by atoms with Gasteiger partial charge in [0, 0.05) is 18.7 Å². The first-order valence-corrected chi connectivity index (χ1v) is 6.30. The molecule has 0 saturated heterocycles. The van der Waals surface area contributed by atoms with Crippen molar-refractivity contribution in [3.63, 3.8) is 0 Å². The van der Waals surface area contributed by atoms with Crippen LogP contribution in [0.3, 0.4) is 0 Å². The van der Waals surface area contributed by atoms with Crippen LogP contribution in [0, 0.1) is 0 Å². The summed E-state index contributed by atoms with van der Waals surface area (Å²) in [4.78, 5) is 14.0. The van der Waals surface area contributed by atoms with Crippen molar-refractivity contribution in [2.45, 2.75) is 13.0 Å². The predicted octanol–water partition coefficient (Wildman–Crippen LogP) is 1.09. The van der Waals surface area contributed by atoms with E-state index in [1.807, 2.05) is 45.4 Å². The Bertz CT molecular complexity index is 377. The minimum absolute atomic E-state index is 0.00621. The molecule has 0 atom stereocenters. The molecule has 0 fully saturated rings. The number of nitrogens with one attached hydrogen (secondary N) is 2. The Labute approximate surface area is 109 Å². The molecule has 0 aliphatic heterocycles. The number of benzene rings is 1. The van der Waals surface area contributed by atoms with Crippen molar-refractivity contribution in [2.24, 2.45) is 0 Å². The number of amides is 1. The zero-order valence-electron chi connectivity index (χ0n) is 11.5. The number of carbonyl (C=O) groups excluding carboxylic acids is 1.